The van der Waals surface area contributed by atoms with Crippen molar-refractivity contribution in [2.75, 3.05) is 0 Å². The van der Waals surface area contributed by atoms with E-state index in [1.807, 2.05) is 135 Å². The number of aromatic hydroxyl groups is 1. The van der Waals surface area contributed by atoms with Gasteiger partial charge in [0, 0.05) is 48.1 Å². The Morgan fingerprint density at radius 1 is 0.317 bits per heavy atom. The third-order valence-corrected chi connectivity index (χ3v) is 18.6. The molecule has 0 fully saturated rings. The minimum atomic E-state index is -0.532. The lowest BCUT2D eigenvalue weighted by atomic mass is 9.85. The first-order chi connectivity index (χ1) is 54.1. The molecule has 1 heterocycles. The number of halogens is 4. The molecule has 0 aliphatic carbocycles. The minimum Gasteiger partial charge on any atom is -0.507 e. The molecular formula is C99H144F4N14O3. The summed E-state index contributed by atoms with van der Waals surface area (Å²) in [6.07, 6.45) is 1.77. The van der Waals surface area contributed by atoms with Crippen LogP contribution in [0.1, 0.15) is 304 Å². The van der Waals surface area contributed by atoms with Gasteiger partial charge in [0.15, 0.2) is 0 Å². The number of carbonyl (C=O) groups excluding carboxylic acids is 2. The lowest BCUT2D eigenvalue weighted by molar-refractivity contribution is 0.0991. The van der Waals surface area contributed by atoms with Crippen molar-refractivity contribution in [1.29, 1.82) is 21.6 Å². The maximum absolute atomic E-state index is 13.5. The van der Waals surface area contributed by atoms with Crippen LogP contribution in [0.3, 0.4) is 0 Å². The quantitative estimate of drug-likeness (QED) is 0.0366. The van der Waals surface area contributed by atoms with Gasteiger partial charge in [0.2, 0.25) is 11.8 Å². The maximum Gasteiger partial charge on any atom is 0.248 e. The molecule has 0 bridgehead atoms. The molecule has 0 unspecified atom stereocenters. The van der Waals surface area contributed by atoms with Crippen molar-refractivity contribution < 1.29 is 32.3 Å². The summed E-state index contributed by atoms with van der Waals surface area (Å²) in [5.74, 6) is -2.11. The van der Waals surface area contributed by atoms with Crippen LogP contribution in [-0.2, 0) is 68.4 Å². The van der Waals surface area contributed by atoms with E-state index in [1.54, 1.807) is 54.7 Å². The van der Waals surface area contributed by atoms with Crippen LogP contribution in [0.15, 0.2) is 182 Å². The molecule has 0 aliphatic rings. The number of benzene rings is 8. The topological polar surface area (TPSA) is 397 Å². The number of pyridine rings is 1. The van der Waals surface area contributed by atoms with Gasteiger partial charge in [0.1, 0.15) is 58.1 Å². The maximum atomic E-state index is 13.5. The first-order valence-electron chi connectivity index (χ1n) is 39.5. The van der Waals surface area contributed by atoms with Crippen LogP contribution < -0.4 is 51.6 Å². The van der Waals surface area contributed by atoms with Crippen molar-refractivity contribution in [2.45, 2.75) is 263 Å². The Labute approximate surface area is 716 Å². The highest BCUT2D eigenvalue weighted by molar-refractivity contribution is 5.98. The zero-order valence-electron chi connectivity index (χ0n) is 75.9. The van der Waals surface area contributed by atoms with Gasteiger partial charge in [0.05, 0.1) is 11.1 Å². The van der Waals surface area contributed by atoms with Gasteiger partial charge in [-0.2, -0.15) is 0 Å². The molecule has 656 valence electrons. The summed E-state index contributed by atoms with van der Waals surface area (Å²) in [6, 6.07) is 52.2. The Morgan fingerprint density at radius 2 is 0.683 bits per heavy atom. The van der Waals surface area contributed by atoms with Crippen molar-refractivity contribution in [2.24, 2.45) is 51.6 Å². The number of hydrogen-bond acceptors (Lipinski definition) is 11. The molecule has 8 aromatic carbocycles. The second-order valence-corrected chi connectivity index (χ2v) is 38.3. The molecule has 2 amide bonds. The Hall–Kier alpha value is -10.9. The molecular weight excluding hydrogens is 1510 g/mol. The summed E-state index contributed by atoms with van der Waals surface area (Å²) in [7, 11) is 0. The number of nitrogens with zero attached hydrogens (tertiary/aromatic N) is 1. The molecule has 9 rings (SSSR count). The molecule has 9 aromatic rings. The van der Waals surface area contributed by atoms with E-state index in [0.29, 0.717) is 46.6 Å². The van der Waals surface area contributed by atoms with E-state index in [9.17, 15) is 32.3 Å². The third-order valence-electron chi connectivity index (χ3n) is 18.6. The summed E-state index contributed by atoms with van der Waals surface area (Å²) in [4.78, 5) is 25.9. The normalized spacial score (nSPS) is 11.4. The van der Waals surface area contributed by atoms with Crippen molar-refractivity contribution in [3.8, 4) is 5.75 Å². The smallest absolute Gasteiger partial charge is 0.248 e. The van der Waals surface area contributed by atoms with Gasteiger partial charge in [-0.15, -0.1) is 0 Å². The molecule has 1 aromatic heterocycles. The van der Waals surface area contributed by atoms with Crippen molar-refractivity contribution >= 4 is 35.2 Å². The van der Waals surface area contributed by atoms with Crippen LogP contribution in [0.5, 0.6) is 5.75 Å². The lowest BCUT2D eigenvalue weighted by Gasteiger charge is -2.20. The summed E-state index contributed by atoms with van der Waals surface area (Å²) < 4.78 is 53.6. The number of phenolic OH excluding ortho intramolecular Hbond substituents is 1. The van der Waals surface area contributed by atoms with Crippen LogP contribution in [0, 0.1) is 44.9 Å². The second kappa shape index (κ2) is 46.1. The van der Waals surface area contributed by atoms with E-state index in [2.05, 4.69) is 154 Å². The number of carbonyl (C=O) groups is 2. The summed E-state index contributed by atoms with van der Waals surface area (Å²) in [5.41, 5.74) is 62.2. The molecule has 0 saturated heterocycles. The first kappa shape index (κ1) is 109. The summed E-state index contributed by atoms with van der Waals surface area (Å²) in [5, 5.41) is 38.4. The predicted octanol–water partition coefficient (Wildman–Crippen LogP) is 20.9. The van der Waals surface area contributed by atoms with Crippen molar-refractivity contribution in [3.63, 3.8) is 0 Å². The Kier molecular flexibility index (Phi) is 41.9. The minimum absolute atomic E-state index is 0. The number of phenols is 1. The highest BCUT2D eigenvalue weighted by Gasteiger charge is 2.24. The van der Waals surface area contributed by atoms with Crippen LogP contribution in [-0.4, -0.2) is 45.2 Å². The monoisotopic (exact) mass is 1650 g/mol. The van der Waals surface area contributed by atoms with E-state index in [0.717, 1.165) is 44.5 Å². The zero-order chi connectivity index (χ0) is 92.3. The number of primary amides is 2. The Balaban J connectivity index is 0.00000133. The molecule has 0 atom stereocenters. The number of amidine groups is 4. The number of rotatable bonds is 9. The molecule has 21 heteroatoms. The number of hydrogen-bond donors (Lipinski definition) is 14. The van der Waals surface area contributed by atoms with Gasteiger partial charge in [-0.3, -0.25) is 36.2 Å². The second-order valence-electron chi connectivity index (χ2n) is 38.3. The van der Waals surface area contributed by atoms with Crippen LogP contribution in [0.4, 0.5) is 17.6 Å². The fourth-order valence-corrected chi connectivity index (χ4v) is 10.6. The average Bonchev–Trinajstić information content (AvgIpc) is 0.814. The highest BCUT2D eigenvalue weighted by Crippen LogP contribution is 2.32. The van der Waals surface area contributed by atoms with Crippen molar-refractivity contribution in [1.82, 2.24) is 4.98 Å². The van der Waals surface area contributed by atoms with Gasteiger partial charge < -0.3 is 56.7 Å². The van der Waals surface area contributed by atoms with Crippen LogP contribution in [0.2, 0.25) is 0 Å². The largest absolute Gasteiger partial charge is 0.507 e. The molecule has 0 saturated carbocycles. The van der Waals surface area contributed by atoms with Crippen LogP contribution >= 0.6 is 0 Å². The summed E-state index contributed by atoms with van der Waals surface area (Å²) in [6.45, 7) is 57.1. The standard InChI is InChI=1S/C11H15FN2.C11H14FNO.2C11H16FN.C11H16N2O.C11H16N2.C11H15NO.C11H17N.C10H15N3.CH4/c1-11(2,3)7-4-5-8(10(13)14)9(12)6-7;1-11(2,3)8-6-7(10(13)14)4-5-9(8)12;1-11(2,3)9-5-4-8(7-13)10(12)6-9;1-11(2,3)9-5-4-8(7-13)6-10(9)12;1-11(2,3)7-4-5-8(10(12)13)9(14)6-7;1-11(2,3)9-6-4-8(5-7-9)10(12)13;1-11(2,3)9-6-4-5-8(7-9)10(12)13;1-11(2,3)10-6-4-9(8-12)5-7-10;1-10(2,3)7-4-5-8(9(11)12)13-6-7;/h4-6H,1-3H3,(H3,13,14);4-6H,1-3H3,(H2,13,14);2*4-6H,7,13H2,1-3H3;4-6,14H,1-3H3,(H3,12,13);4-7H,1-3H3,(H3,12,13);4-7H,1-3H3,(H2,12,13);4-7H,8,12H2,1-3H3;4-6H,1-3H3,(H3,11,12);1H4. The number of nitrogens with two attached hydrogens (primary N) is 9. The zero-order valence-corrected chi connectivity index (χ0v) is 75.9. The molecule has 0 spiro atoms. The van der Waals surface area contributed by atoms with Gasteiger partial charge in [-0.25, -0.2) is 17.6 Å². The van der Waals surface area contributed by atoms with Crippen molar-refractivity contribution in [3.05, 3.63) is 306 Å². The lowest BCUT2D eigenvalue weighted by Crippen LogP contribution is -2.17. The Morgan fingerprint density at radius 3 is 1.02 bits per heavy atom. The predicted molar refractivity (Wildman–Crippen MR) is 497 cm³/mol. The van der Waals surface area contributed by atoms with Gasteiger partial charge in [-0.1, -0.05) is 297 Å². The number of nitrogen functional groups attached to an aromatic ring is 4. The van der Waals surface area contributed by atoms with E-state index in [1.165, 1.54) is 47.0 Å². The van der Waals surface area contributed by atoms with E-state index >= 15 is 0 Å². The molecule has 0 aliphatic heterocycles. The average molecular weight is 1650 g/mol. The highest BCUT2D eigenvalue weighted by atomic mass is 19.1. The van der Waals surface area contributed by atoms with E-state index in [4.69, 9.17) is 73.2 Å². The fourth-order valence-electron chi connectivity index (χ4n) is 10.6. The number of aromatic nitrogens is 1. The Bertz CT molecular complexity index is 4660. The van der Waals surface area contributed by atoms with E-state index in [-0.39, 0.29) is 121 Å². The third kappa shape index (κ3) is 38.0. The van der Waals surface area contributed by atoms with E-state index < -0.39 is 11.7 Å². The van der Waals surface area contributed by atoms with Gasteiger partial charge >= 0.3 is 0 Å². The molecule has 17 nitrogen and oxygen atoms in total. The van der Waals surface area contributed by atoms with Gasteiger partial charge in [0.25, 0.3) is 0 Å². The SMILES string of the molecule is C.CC(C)(C)c1cc(C(N)=O)ccc1F.CC(C)(C)c1ccc(C(=N)N)c(F)c1.CC(C)(C)c1ccc(C(=N)N)c(O)c1.CC(C)(C)c1ccc(C(=N)N)cc1.CC(C)(C)c1ccc(C(=N)N)nc1.CC(C)(C)c1ccc(CN)c(F)c1.CC(C)(C)c1ccc(CN)cc1.CC(C)(C)c1ccc(CN)cc1F.CC(C)(C)c1cccc(C(N)=O)c1. The molecule has 23 N–H and O–H groups in total. The number of nitrogens with one attached hydrogen (secondary N) is 4. The first-order valence-corrected chi connectivity index (χ1v) is 39.5. The number of amides is 2. The molecule has 120 heavy (non-hydrogen) atoms. The summed E-state index contributed by atoms with van der Waals surface area (Å²) >= 11 is 0. The van der Waals surface area contributed by atoms with Crippen LogP contribution in [0.25, 0.3) is 0 Å². The fraction of sp³-hybridized carbons (Fsp3) is 0.404. The molecule has 0 radical (unpaired) electrons. The van der Waals surface area contributed by atoms with Gasteiger partial charge in [-0.05, 0) is 183 Å².